The summed E-state index contributed by atoms with van der Waals surface area (Å²) in [5.74, 6) is 0.502. The fourth-order valence-corrected chi connectivity index (χ4v) is 3.32. The summed E-state index contributed by atoms with van der Waals surface area (Å²) in [6, 6.07) is 5.61. The first-order valence-corrected chi connectivity index (χ1v) is 7.30. The summed E-state index contributed by atoms with van der Waals surface area (Å²) in [5, 5.41) is 0. The molecule has 0 spiro atoms. The topological polar surface area (TPSA) is 75.9 Å². The highest BCUT2D eigenvalue weighted by Crippen LogP contribution is 2.37. The molecule has 2 amide bonds. The van der Waals surface area contributed by atoms with Crippen LogP contribution in [0, 0.1) is 0 Å². The Morgan fingerprint density at radius 1 is 1.45 bits per heavy atom. The molecule has 1 atom stereocenters. The lowest BCUT2D eigenvalue weighted by atomic mass is 10.2. The fraction of sp³-hybridized carbons (Fsp3) is 0.385. The van der Waals surface area contributed by atoms with Crippen molar-refractivity contribution in [2.24, 2.45) is 5.73 Å². The Morgan fingerprint density at radius 2 is 2.25 bits per heavy atom. The van der Waals surface area contributed by atoms with Crippen molar-refractivity contribution in [2.45, 2.75) is 11.0 Å². The van der Waals surface area contributed by atoms with E-state index in [4.69, 9.17) is 10.5 Å². The van der Waals surface area contributed by atoms with E-state index in [1.54, 1.807) is 16.8 Å². The predicted molar refractivity (Wildman–Crippen MR) is 77.2 cm³/mol. The summed E-state index contributed by atoms with van der Waals surface area (Å²) < 4.78 is 5.15. The highest BCUT2D eigenvalue weighted by atomic mass is 32.2. The van der Waals surface area contributed by atoms with Gasteiger partial charge in [0.25, 0.3) is 0 Å². The number of ether oxygens (including phenoxy) is 1. The van der Waals surface area contributed by atoms with Gasteiger partial charge in [0, 0.05) is 24.2 Å². The number of nitrogens with zero attached hydrogens (tertiary/aromatic N) is 2. The Balaban J connectivity index is 1.90. The number of anilines is 2. The minimum absolute atomic E-state index is 0.0824. The standard InChI is InChI=1S/C13H15N3O3S/c1-15-10-3-2-8(4-11(10)20-7-12(15)17)16-6-9(5-14)19-13(16)18/h2-4,9H,5-7,14H2,1H3/t9-/m0/s1. The number of carbonyl (C=O) groups is 2. The van der Waals surface area contributed by atoms with Crippen LogP contribution in [0.15, 0.2) is 23.1 Å². The van der Waals surface area contributed by atoms with Crippen LogP contribution in [0.3, 0.4) is 0 Å². The van der Waals surface area contributed by atoms with E-state index < -0.39 is 0 Å². The van der Waals surface area contributed by atoms with Gasteiger partial charge in [-0.25, -0.2) is 4.79 Å². The van der Waals surface area contributed by atoms with Crippen molar-refractivity contribution in [1.82, 2.24) is 0 Å². The van der Waals surface area contributed by atoms with Gasteiger partial charge in [0.05, 0.1) is 18.0 Å². The number of rotatable bonds is 2. The van der Waals surface area contributed by atoms with Crippen LogP contribution in [0.4, 0.5) is 16.2 Å². The summed E-state index contributed by atoms with van der Waals surface area (Å²) >= 11 is 1.49. The smallest absolute Gasteiger partial charge is 0.414 e. The molecule has 1 fully saturated rings. The van der Waals surface area contributed by atoms with Gasteiger partial charge in [0.15, 0.2) is 0 Å². The highest BCUT2D eigenvalue weighted by Gasteiger charge is 2.32. The quantitative estimate of drug-likeness (QED) is 0.881. The number of fused-ring (bicyclic) bond motifs is 1. The van der Waals surface area contributed by atoms with Crippen LogP contribution in [-0.4, -0.2) is 44.0 Å². The number of hydrogen-bond acceptors (Lipinski definition) is 5. The van der Waals surface area contributed by atoms with Crippen molar-refractivity contribution < 1.29 is 14.3 Å². The van der Waals surface area contributed by atoms with Crippen LogP contribution in [0.1, 0.15) is 0 Å². The number of nitrogens with two attached hydrogens (primary N) is 1. The Bertz CT molecular complexity index is 578. The van der Waals surface area contributed by atoms with Crippen molar-refractivity contribution in [3.8, 4) is 0 Å². The van der Waals surface area contributed by atoms with Crippen LogP contribution >= 0.6 is 11.8 Å². The first-order valence-electron chi connectivity index (χ1n) is 6.32. The Hall–Kier alpha value is -1.73. The van der Waals surface area contributed by atoms with Crippen molar-refractivity contribution in [2.75, 3.05) is 35.7 Å². The lowest BCUT2D eigenvalue weighted by Gasteiger charge is -2.26. The summed E-state index contributed by atoms with van der Waals surface area (Å²) in [4.78, 5) is 27.7. The number of hydrogen-bond donors (Lipinski definition) is 1. The molecular weight excluding hydrogens is 278 g/mol. The van der Waals surface area contributed by atoms with Crippen molar-refractivity contribution in [3.05, 3.63) is 18.2 Å². The van der Waals surface area contributed by atoms with Gasteiger partial charge in [0.1, 0.15) is 6.10 Å². The Labute approximate surface area is 120 Å². The molecule has 1 saturated heterocycles. The molecule has 0 unspecified atom stereocenters. The zero-order valence-electron chi connectivity index (χ0n) is 11.0. The maximum absolute atomic E-state index is 11.8. The molecule has 20 heavy (non-hydrogen) atoms. The molecule has 0 bridgehead atoms. The zero-order chi connectivity index (χ0) is 14.3. The monoisotopic (exact) mass is 293 g/mol. The van der Waals surface area contributed by atoms with Crippen LogP contribution in [0.25, 0.3) is 0 Å². The highest BCUT2D eigenvalue weighted by molar-refractivity contribution is 8.00. The first-order chi connectivity index (χ1) is 9.60. The lowest BCUT2D eigenvalue weighted by Crippen LogP contribution is -2.31. The molecule has 0 radical (unpaired) electrons. The summed E-state index contributed by atoms with van der Waals surface area (Å²) in [6.07, 6.45) is -0.624. The predicted octanol–water partition coefficient (Wildman–Crippen LogP) is 1.04. The normalized spacial score (nSPS) is 22.0. The molecule has 0 saturated carbocycles. The summed E-state index contributed by atoms with van der Waals surface area (Å²) in [7, 11) is 1.76. The third-order valence-corrected chi connectivity index (χ3v) is 4.51. The molecule has 1 aromatic carbocycles. The van der Waals surface area contributed by atoms with Gasteiger partial charge in [-0.3, -0.25) is 9.69 Å². The molecule has 1 aromatic rings. The van der Waals surface area contributed by atoms with Crippen LogP contribution in [0.2, 0.25) is 0 Å². The second kappa shape index (κ2) is 4.99. The van der Waals surface area contributed by atoms with E-state index in [2.05, 4.69) is 0 Å². The average Bonchev–Trinajstić information content (AvgIpc) is 2.84. The molecule has 2 aliphatic rings. The second-order valence-electron chi connectivity index (χ2n) is 4.75. The van der Waals surface area contributed by atoms with Gasteiger partial charge in [-0.1, -0.05) is 0 Å². The van der Waals surface area contributed by atoms with Gasteiger partial charge in [-0.15, -0.1) is 11.8 Å². The number of thioether (sulfide) groups is 1. The Morgan fingerprint density at radius 3 is 2.95 bits per heavy atom. The minimum atomic E-state index is -0.370. The third kappa shape index (κ3) is 2.12. The van der Waals surface area contributed by atoms with Crippen molar-refractivity contribution in [1.29, 1.82) is 0 Å². The van der Waals surface area contributed by atoms with Gasteiger partial charge >= 0.3 is 6.09 Å². The molecule has 2 N–H and O–H groups in total. The van der Waals surface area contributed by atoms with E-state index in [1.165, 1.54) is 11.8 Å². The van der Waals surface area contributed by atoms with E-state index in [0.29, 0.717) is 18.8 Å². The maximum Gasteiger partial charge on any atom is 0.414 e. The molecule has 2 heterocycles. The second-order valence-corrected chi connectivity index (χ2v) is 5.76. The molecule has 0 aliphatic carbocycles. The molecule has 106 valence electrons. The number of benzene rings is 1. The molecular formula is C13H15N3O3S. The SMILES string of the molecule is CN1C(=O)CSc2cc(N3C[C@H](CN)OC3=O)ccc21. The van der Waals surface area contributed by atoms with E-state index in [9.17, 15) is 9.59 Å². The molecule has 0 aromatic heterocycles. The minimum Gasteiger partial charge on any atom is -0.443 e. The summed E-state index contributed by atoms with van der Waals surface area (Å²) in [6.45, 7) is 0.784. The third-order valence-electron chi connectivity index (χ3n) is 3.48. The van der Waals surface area contributed by atoms with E-state index >= 15 is 0 Å². The zero-order valence-corrected chi connectivity index (χ0v) is 11.9. The first kappa shape index (κ1) is 13.3. The molecule has 7 heteroatoms. The van der Waals surface area contributed by atoms with Crippen LogP contribution < -0.4 is 15.5 Å². The average molecular weight is 293 g/mol. The van der Waals surface area contributed by atoms with Gasteiger partial charge < -0.3 is 15.4 Å². The van der Waals surface area contributed by atoms with Crippen molar-refractivity contribution in [3.63, 3.8) is 0 Å². The molecule has 6 nitrogen and oxygen atoms in total. The lowest BCUT2D eigenvalue weighted by molar-refractivity contribution is -0.116. The fourth-order valence-electron chi connectivity index (χ4n) is 2.29. The van der Waals surface area contributed by atoms with Gasteiger partial charge in [-0.2, -0.15) is 0 Å². The number of amides is 2. The Kier molecular flexibility index (Phi) is 3.31. The van der Waals surface area contributed by atoms with Crippen molar-refractivity contribution >= 4 is 35.1 Å². The number of carbonyl (C=O) groups excluding carboxylic acids is 2. The maximum atomic E-state index is 11.8. The van der Waals surface area contributed by atoms with Crippen LogP contribution in [0.5, 0.6) is 0 Å². The van der Waals surface area contributed by atoms with Gasteiger partial charge in [-0.05, 0) is 18.2 Å². The summed E-state index contributed by atoms with van der Waals surface area (Å²) in [5.41, 5.74) is 7.18. The van der Waals surface area contributed by atoms with E-state index in [-0.39, 0.29) is 18.1 Å². The molecule has 3 rings (SSSR count). The molecule has 2 aliphatic heterocycles. The number of cyclic esters (lactones) is 1. The van der Waals surface area contributed by atoms with Crippen LogP contribution in [-0.2, 0) is 9.53 Å². The van der Waals surface area contributed by atoms with E-state index in [1.807, 2.05) is 18.2 Å². The van der Waals surface area contributed by atoms with Gasteiger partial charge in [0.2, 0.25) is 5.91 Å². The largest absolute Gasteiger partial charge is 0.443 e. The van der Waals surface area contributed by atoms with E-state index in [0.717, 1.165) is 16.3 Å².